The molecule has 0 amide bonds. The Hall–Kier alpha value is -1.38. The highest BCUT2D eigenvalue weighted by molar-refractivity contribution is 6.30. The van der Waals surface area contributed by atoms with Gasteiger partial charge in [0.1, 0.15) is 5.82 Å². The molecule has 0 aliphatic heterocycles. The van der Waals surface area contributed by atoms with Gasteiger partial charge in [-0.2, -0.15) is 0 Å². The van der Waals surface area contributed by atoms with E-state index in [2.05, 4.69) is 17.4 Å². The topological polar surface area (TPSA) is 12.0 Å². The standard InChI is InChI=1S/C17H19ClFN/c1-20-12-14(9-13-5-3-2-4-6-13)10-15-7-8-16(18)11-17(15)19/h2-8,11,14,20H,9-10,12H2,1H3. The van der Waals surface area contributed by atoms with Gasteiger partial charge in [0.25, 0.3) is 0 Å². The third-order valence-corrected chi connectivity index (χ3v) is 3.62. The van der Waals surface area contributed by atoms with Crippen molar-refractivity contribution in [2.45, 2.75) is 12.8 Å². The highest BCUT2D eigenvalue weighted by Crippen LogP contribution is 2.19. The van der Waals surface area contributed by atoms with Crippen LogP contribution in [0.3, 0.4) is 0 Å². The predicted molar refractivity (Wildman–Crippen MR) is 82.7 cm³/mol. The van der Waals surface area contributed by atoms with Crippen molar-refractivity contribution in [2.75, 3.05) is 13.6 Å². The maximum atomic E-state index is 13.9. The molecular weight excluding hydrogens is 273 g/mol. The van der Waals surface area contributed by atoms with E-state index in [1.54, 1.807) is 12.1 Å². The number of halogens is 2. The van der Waals surface area contributed by atoms with Crippen molar-refractivity contribution < 1.29 is 4.39 Å². The molecule has 0 aromatic heterocycles. The summed E-state index contributed by atoms with van der Waals surface area (Å²) < 4.78 is 13.9. The van der Waals surface area contributed by atoms with E-state index in [0.29, 0.717) is 17.4 Å². The van der Waals surface area contributed by atoms with Gasteiger partial charge in [-0.1, -0.05) is 48.0 Å². The quantitative estimate of drug-likeness (QED) is 0.845. The molecule has 1 N–H and O–H groups in total. The number of hydrogen-bond acceptors (Lipinski definition) is 1. The van der Waals surface area contributed by atoms with Crippen LogP contribution in [0.15, 0.2) is 48.5 Å². The molecule has 1 nitrogen and oxygen atoms in total. The van der Waals surface area contributed by atoms with Crippen LogP contribution in [-0.4, -0.2) is 13.6 Å². The van der Waals surface area contributed by atoms with Crippen LogP contribution in [0.1, 0.15) is 11.1 Å². The molecule has 0 saturated carbocycles. The summed E-state index contributed by atoms with van der Waals surface area (Å²) in [6.45, 7) is 0.858. The minimum absolute atomic E-state index is 0.216. The number of benzene rings is 2. The second kappa shape index (κ2) is 7.41. The van der Waals surface area contributed by atoms with Gasteiger partial charge in [-0.15, -0.1) is 0 Å². The van der Waals surface area contributed by atoms with Gasteiger partial charge in [-0.3, -0.25) is 0 Å². The third-order valence-electron chi connectivity index (χ3n) is 3.38. The van der Waals surface area contributed by atoms with E-state index in [0.717, 1.165) is 18.5 Å². The van der Waals surface area contributed by atoms with Crippen LogP contribution in [0.25, 0.3) is 0 Å². The van der Waals surface area contributed by atoms with Gasteiger partial charge < -0.3 is 5.32 Å². The van der Waals surface area contributed by atoms with Gasteiger partial charge in [-0.05, 0) is 55.6 Å². The van der Waals surface area contributed by atoms with Gasteiger partial charge in [0, 0.05) is 5.02 Å². The van der Waals surface area contributed by atoms with Crippen LogP contribution in [0.2, 0.25) is 5.02 Å². The number of rotatable bonds is 6. The molecule has 2 aromatic carbocycles. The molecule has 0 fully saturated rings. The van der Waals surface area contributed by atoms with Crippen LogP contribution in [-0.2, 0) is 12.8 Å². The zero-order valence-corrected chi connectivity index (χ0v) is 12.3. The summed E-state index contributed by atoms with van der Waals surface area (Å²) in [6.07, 6.45) is 1.64. The molecule has 1 atom stereocenters. The van der Waals surface area contributed by atoms with E-state index in [1.165, 1.54) is 11.6 Å². The van der Waals surface area contributed by atoms with Gasteiger partial charge in [0.2, 0.25) is 0 Å². The predicted octanol–water partition coefficient (Wildman–Crippen LogP) is 4.10. The van der Waals surface area contributed by atoms with Crippen LogP contribution in [0.4, 0.5) is 4.39 Å². The first-order chi connectivity index (χ1) is 9.69. The smallest absolute Gasteiger partial charge is 0.127 e. The Morgan fingerprint density at radius 2 is 1.85 bits per heavy atom. The van der Waals surface area contributed by atoms with Gasteiger partial charge in [0.05, 0.1) is 0 Å². The van der Waals surface area contributed by atoms with Crippen molar-refractivity contribution in [3.63, 3.8) is 0 Å². The molecular formula is C17H19ClFN. The molecule has 2 aromatic rings. The number of hydrogen-bond donors (Lipinski definition) is 1. The molecule has 2 rings (SSSR count). The molecule has 1 unspecified atom stereocenters. The van der Waals surface area contributed by atoms with Crippen molar-refractivity contribution in [3.8, 4) is 0 Å². The molecule has 0 spiro atoms. The summed E-state index contributed by atoms with van der Waals surface area (Å²) in [6, 6.07) is 15.2. The molecule has 20 heavy (non-hydrogen) atoms. The average Bonchev–Trinajstić information content (AvgIpc) is 2.43. The van der Waals surface area contributed by atoms with Crippen LogP contribution in [0.5, 0.6) is 0 Å². The lowest BCUT2D eigenvalue weighted by atomic mass is 9.92. The van der Waals surface area contributed by atoms with Gasteiger partial charge in [-0.25, -0.2) is 4.39 Å². The Morgan fingerprint density at radius 1 is 1.10 bits per heavy atom. The van der Waals surface area contributed by atoms with Crippen LogP contribution < -0.4 is 5.32 Å². The van der Waals surface area contributed by atoms with Crippen molar-refractivity contribution >= 4 is 11.6 Å². The van der Waals surface area contributed by atoms with Gasteiger partial charge >= 0.3 is 0 Å². The SMILES string of the molecule is CNCC(Cc1ccccc1)Cc1ccc(Cl)cc1F. The maximum Gasteiger partial charge on any atom is 0.127 e. The minimum atomic E-state index is -0.216. The van der Waals surface area contributed by atoms with E-state index < -0.39 is 0 Å². The van der Waals surface area contributed by atoms with E-state index in [4.69, 9.17) is 11.6 Å². The molecule has 0 aliphatic rings. The van der Waals surface area contributed by atoms with Crippen LogP contribution in [0, 0.1) is 11.7 Å². The Bertz CT molecular complexity index is 542. The first-order valence-corrected chi connectivity index (χ1v) is 7.19. The second-order valence-electron chi connectivity index (χ2n) is 5.05. The molecule has 0 radical (unpaired) electrons. The number of nitrogens with one attached hydrogen (secondary N) is 1. The van der Waals surface area contributed by atoms with E-state index in [-0.39, 0.29) is 5.82 Å². The fourth-order valence-electron chi connectivity index (χ4n) is 2.45. The molecule has 3 heteroatoms. The maximum absolute atomic E-state index is 13.9. The summed E-state index contributed by atoms with van der Waals surface area (Å²) in [4.78, 5) is 0. The normalized spacial score (nSPS) is 12.3. The average molecular weight is 292 g/mol. The van der Waals surface area contributed by atoms with Crippen molar-refractivity contribution in [1.82, 2.24) is 5.32 Å². The van der Waals surface area contributed by atoms with E-state index in [1.807, 2.05) is 25.2 Å². The fraction of sp³-hybridized carbons (Fsp3) is 0.294. The van der Waals surface area contributed by atoms with Crippen LogP contribution >= 0.6 is 11.6 Å². The highest BCUT2D eigenvalue weighted by atomic mass is 35.5. The Morgan fingerprint density at radius 3 is 2.50 bits per heavy atom. The summed E-state index contributed by atoms with van der Waals surface area (Å²) in [7, 11) is 1.93. The molecule has 0 saturated heterocycles. The van der Waals surface area contributed by atoms with Crippen molar-refractivity contribution in [2.24, 2.45) is 5.92 Å². The Labute approximate surface area is 124 Å². The molecule has 0 bridgehead atoms. The second-order valence-corrected chi connectivity index (χ2v) is 5.49. The lowest BCUT2D eigenvalue weighted by Crippen LogP contribution is -2.23. The van der Waals surface area contributed by atoms with Gasteiger partial charge in [0.15, 0.2) is 0 Å². The minimum Gasteiger partial charge on any atom is -0.319 e. The molecule has 0 heterocycles. The van der Waals surface area contributed by atoms with Crippen molar-refractivity contribution in [1.29, 1.82) is 0 Å². The summed E-state index contributed by atoms with van der Waals surface area (Å²) in [5, 5.41) is 3.63. The molecule has 0 aliphatic carbocycles. The lowest BCUT2D eigenvalue weighted by molar-refractivity contribution is 0.480. The summed E-state index contributed by atoms with van der Waals surface area (Å²) >= 11 is 5.79. The largest absolute Gasteiger partial charge is 0.319 e. The third kappa shape index (κ3) is 4.32. The summed E-state index contributed by atoms with van der Waals surface area (Å²) in [5.74, 6) is 0.143. The first-order valence-electron chi connectivity index (χ1n) is 6.81. The van der Waals surface area contributed by atoms with E-state index >= 15 is 0 Å². The van der Waals surface area contributed by atoms with Crippen molar-refractivity contribution in [3.05, 3.63) is 70.5 Å². The Kier molecular flexibility index (Phi) is 5.57. The first kappa shape index (κ1) is 15.0. The Balaban J connectivity index is 2.09. The highest BCUT2D eigenvalue weighted by Gasteiger charge is 2.13. The zero-order valence-electron chi connectivity index (χ0n) is 11.6. The van der Waals surface area contributed by atoms with E-state index in [9.17, 15) is 4.39 Å². The lowest BCUT2D eigenvalue weighted by Gasteiger charge is -2.17. The molecule has 106 valence electrons. The fourth-order valence-corrected chi connectivity index (χ4v) is 2.61. The monoisotopic (exact) mass is 291 g/mol. The zero-order chi connectivity index (χ0) is 14.4. The summed E-state index contributed by atoms with van der Waals surface area (Å²) in [5.41, 5.74) is 2.01.